The van der Waals surface area contributed by atoms with E-state index >= 15 is 0 Å². The van der Waals surface area contributed by atoms with Crippen LogP contribution in [0.25, 0.3) is 33.8 Å². The number of imidazole rings is 2. The first kappa shape index (κ1) is 39.3. The van der Waals surface area contributed by atoms with Crippen LogP contribution in [0.5, 0.6) is 0 Å². The normalized spacial score (nSPS) is 18.1. The number of carbonyl (C=O) groups is 2. The van der Waals surface area contributed by atoms with Gasteiger partial charge in [0.25, 0.3) is 0 Å². The lowest BCUT2D eigenvalue weighted by molar-refractivity contribution is -0.115. The fourth-order valence-corrected chi connectivity index (χ4v) is 8.91. The fraction of sp³-hybridized carbons (Fsp3) is 0.208. The third-order valence-corrected chi connectivity index (χ3v) is 12.1. The average molecular weight is 859 g/mol. The number of nitrogens with one attached hydrogen (secondary N) is 2. The van der Waals surface area contributed by atoms with Crippen LogP contribution in [0.15, 0.2) is 122 Å². The summed E-state index contributed by atoms with van der Waals surface area (Å²) in [6, 6.07) is 32.5. The minimum atomic E-state index is -0.267. The van der Waals surface area contributed by atoms with Gasteiger partial charge >= 0.3 is 0 Å². The minimum absolute atomic E-state index is 0.00594. The predicted octanol–water partition coefficient (Wildman–Crippen LogP) is 7.22. The molecular formula is C48H40F2N10O4. The molecule has 12 rings (SSSR count). The number of hydrogen-bond acceptors (Lipinski definition) is 10. The number of halogens is 2. The van der Waals surface area contributed by atoms with Crippen molar-refractivity contribution in [1.82, 2.24) is 29.2 Å². The Kier molecular flexibility index (Phi) is 10.0. The van der Waals surface area contributed by atoms with Gasteiger partial charge in [0, 0.05) is 35.6 Å². The highest BCUT2D eigenvalue weighted by molar-refractivity contribution is 6.00. The number of fused-ring (bicyclic) bond motifs is 4. The summed E-state index contributed by atoms with van der Waals surface area (Å²) < 4.78 is 42.8. The first-order valence-corrected chi connectivity index (χ1v) is 21.1. The Hall–Kier alpha value is -7.56. The summed E-state index contributed by atoms with van der Waals surface area (Å²) in [7, 11) is 0. The first-order valence-electron chi connectivity index (χ1n) is 21.1. The van der Waals surface area contributed by atoms with Crippen molar-refractivity contribution in [2.45, 2.75) is 24.9 Å². The number of benzene rings is 4. The molecule has 14 nitrogen and oxygen atoms in total. The Bertz CT molecular complexity index is 2910. The van der Waals surface area contributed by atoms with Crippen LogP contribution < -0.4 is 20.4 Å². The highest BCUT2D eigenvalue weighted by Gasteiger charge is 2.29. The zero-order chi connectivity index (χ0) is 43.3. The van der Waals surface area contributed by atoms with Crippen molar-refractivity contribution in [2.75, 3.05) is 60.0 Å². The number of ether oxygens (including phenoxy) is 2. The lowest BCUT2D eigenvalue weighted by Crippen LogP contribution is -2.40. The molecule has 4 aromatic heterocycles. The average Bonchev–Trinajstić information content (AvgIpc) is 4.12. The van der Waals surface area contributed by atoms with Crippen LogP contribution in [0.3, 0.4) is 0 Å². The van der Waals surface area contributed by atoms with Gasteiger partial charge in [-0.2, -0.15) is 0 Å². The minimum Gasteiger partial charge on any atom is -0.377 e. The van der Waals surface area contributed by atoms with E-state index in [1.54, 1.807) is 36.7 Å². The second-order valence-corrected chi connectivity index (χ2v) is 16.1. The van der Waals surface area contributed by atoms with E-state index in [9.17, 15) is 18.4 Å². The number of amides is 2. The molecule has 0 bridgehead atoms. The molecule has 2 atom stereocenters. The molecule has 8 aromatic rings. The van der Waals surface area contributed by atoms with E-state index in [1.165, 1.54) is 12.1 Å². The van der Waals surface area contributed by atoms with Gasteiger partial charge in [-0.15, -0.1) is 10.2 Å². The molecular weight excluding hydrogens is 819 g/mol. The zero-order valence-electron chi connectivity index (χ0n) is 34.3. The molecule has 2 unspecified atom stereocenters. The molecule has 4 aliphatic heterocycles. The number of anilines is 4. The van der Waals surface area contributed by atoms with Gasteiger partial charge in [-0.1, -0.05) is 48.5 Å². The smallest absolute Gasteiger partial charge is 0.228 e. The van der Waals surface area contributed by atoms with Gasteiger partial charge in [0.1, 0.15) is 23.3 Å². The van der Waals surface area contributed by atoms with E-state index in [-0.39, 0.29) is 35.5 Å². The fourth-order valence-electron chi connectivity index (χ4n) is 8.91. The number of hydrogen-bond donors (Lipinski definition) is 2. The number of carbonyl (C=O) groups excluding carboxylic acids is 2. The van der Waals surface area contributed by atoms with Gasteiger partial charge in [0.2, 0.25) is 11.8 Å². The third kappa shape index (κ3) is 7.45. The number of nitrogens with zero attached hydrogens (tertiary/aromatic N) is 8. The van der Waals surface area contributed by atoms with Crippen molar-refractivity contribution in [1.29, 1.82) is 0 Å². The number of aromatic nitrogens is 6. The summed E-state index contributed by atoms with van der Waals surface area (Å²) in [6.07, 6.45) is 4.38. The summed E-state index contributed by atoms with van der Waals surface area (Å²) in [5.41, 5.74) is 10.3. The third-order valence-electron chi connectivity index (χ3n) is 12.1. The van der Waals surface area contributed by atoms with Crippen LogP contribution in [0, 0.1) is 11.6 Å². The Morgan fingerprint density at radius 2 is 1.03 bits per heavy atom. The van der Waals surface area contributed by atoms with Gasteiger partial charge < -0.3 is 29.9 Å². The van der Waals surface area contributed by atoms with Crippen LogP contribution in [-0.4, -0.2) is 80.5 Å². The number of rotatable bonds is 6. The largest absolute Gasteiger partial charge is 0.377 e. The highest BCUT2D eigenvalue weighted by atomic mass is 19.1. The summed E-state index contributed by atoms with van der Waals surface area (Å²) in [5, 5.41) is 15.6. The first-order chi connectivity index (χ1) is 31.3. The predicted molar refractivity (Wildman–Crippen MR) is 236 cm³/mol. The number of morpholine rings is 2. The van der Waals surface area contributed by atoms with Gasteiger partial charge in [-0.25, -0.2) is 27.8 Å². The monoisotopic (exact) mass is 858 g/mol. The van der Waals surface area contributed by atoms with E-state index in [0.29, 0.717) is 52.4 Å². The van der Waals surface area contributed by atoms with Gasteiger partial charge in [-0.05, 0) is 82.9 Å². The van der Waals surface area contributed by atoms with Crippen molar-refractivity contribution >= 4 is 46.1 Å². The van der Waals surface area contributed by atoms with Crippen LogP contribution in [0.4, 0.5) is 31.8 Å². The van der Waals surface area contributed by atoms with Gasteiger partial charge in [0.05, 0.1) is 75.1 Å². The van der Waals surface area contributed by atoms with Crippen molar-refractivity contribution in [3.8, 4) is 22.5 Å². The van der Waals surface area contributed by atoms with Crippen LogP contribution >= 0.6 is 0 Å². The zero-order valence-corrected chi connectivity index (χ0v) is 34.3. The van der Waals surface area contributed by atoms with Crippen molar-refractivity contribution in [3.63, 3.8) is 0 Å². The maximum Gasteiger partial charge on any atom is 0.228 e. The van der Waals surface area contributed by atoms with Crippen molar-refractivity contribution < 1.29 is 27.8 Å². The van der Waals surface area contributed by atoms with Crippen LogP contribution in [0.1, 0.15) is 34.3 Å². The molecule has 0 aliphatic carbocycles. The molecule has 8 heterocycles. The Morgan fingerprint density at radius 1 is 0.562 bits per heavy atom. The summed E-state index contributed by atoms with van der Waals surface area (Å²) in [4.78, 5) is 36.7. The summed E-state index contributed by atoms with van der Waals surface area (Å²) in [5.74, 6) is 1.01. The maximum atomic E-state index is 13.9. The van der Waals surface area contributed by atoms with E-state index in [1.807, 2.05) is 81.8 Å². The standard InChI is InChI=1S/2C24H20FN5O2/c2*25-18-3-1-2-16(10-18)21-14-32-9-8-29(21)23-7-6-22-26-13-20(30(22)28-23)17-5-4-15-12-24(31)27-19(15)11-17/h2*1-7,10-11,13,21H,8-9,12,14H2,(H,27,31). The molecule has 2 amide bonds. The van der Waals surface area contributed by atoms with Crippen molar-refractivity contribution in [3.05, 3.63) is 155 Å². The Labute approximate surface area is 365 Å². The molecule has 320 valence electrons. The molecule has 2 N–H and O–H groups in total. The molecule has 64 heavy (non-hydrogen) atoms. The Morgan fingerprint density at radius 3 is 1.48 bits per heavy atom. The molecule has 0 spiro atoms. The molecule has 4 aromatic carbocycles. The molecule has 2 fully saturated rings. The SMILES string of the molecule is O=C1Cc2ccc(-c3cnc4ccc(N5CCOCC5c5cccc(F)c5)nn34)cc2N1.O=C1Cc2ccc(-c3cnc4ccc(N5CCOCC5c5cccc(F)c5)nn34)cc2N1. The van der Waals surface area contributed by atoms with Crippen LogP contribution in [0.2, 0.25) is 0 Å². The van der Waals surface area contributed by atoms with Gasteiger partial charge in [0.15, 0.2) is 11.3 Å². The molecule has 0 radical (unpaired) electrons. The quantitative estimate of drug-likeness (QED) is 0.176. The van der Waals surface area contributed by atoms with Crippen molar-refractivity contribution in [2.24, 2.45) is 0 Å². The highest BCUT2D eigenvalue weighted by Crippen LogP contribution is 2.35. The Balaban J connectivity index is 0.000000143. The summed E-state index contributed by atoms with van der Waals surface area (Å²) in [6.45, 7) is 3.37. The van der Waals surface area contributed by atoms with E-state index in [2.05, 4.69) is 30.4 Å². The molecule has 0 saturated carbocycles. The maximum absolute atomic E-state index is 13.9. The summed E-state index contributed by atoms with van der Waals surface area (Å²) >= 11 is 0. The second kappa shape index (κ2) is 16.3. The topological polar surface area (TPSA) is 144 Å². The second-order valence-electron chi connectivity index (χ2n) is 16.1. The molecule has 2 saturated heterocycles. The van der Waals surface area contributed by atoms with Gasteiger partial charge in [-0.3, -0.25) is 9.59 Å². The van der Waals surface area contributed by atoms with E-state index in [0.717, 1.165) is 79.1 Å². The lowest BCUT2D eigenvalue weighted by Gasteiger charge is -2.36. The lowest BCUT2D eigenvalue weighted by atomic mass is 10.0. The molecule has 16 heteroatoms. The van der Waals surface area contributed by atoms with E-state index in [4.69, 9.17) is 19.7 Å². The molecule has 4 aliphatic rings. The van der Waals surface area contributed by atoms with E-state index < -0.39 is 0 Å². The van der Waals surface area contributed by atoms with Crippen LogP contribution in [-0.2, 0) is 31.9 Å².